The van der Waals surface area contributed by atoms with Gasteiger partial charge in [0, 0.05) is 48.5 Å². The number of amides is 1. The Labute approximate surface area is 223 Å². The van der Waals surface area contributed by atoms with Crippen LogP contribution in [0.25, 0.3) is 22.6 Å². The highest BCUT2D eigenvalue weighted by molar-refractivity contribution is 5.92. The molecular weight excluding hydrogens is 499 g/mol. The molecule has 0 spiro atoms. The fourth-order valence-electron chi connectivity index (χ4n) is 3.62. The number of anilines is 2. The first kappa shape index (κ1) is 25.3. The number of aromatic nitrogens is 6. The number of methoxy groups -OCH3 is 1. The third-order valence-corrected chi connectivity index (χ3v) is 5.74. The maximum absolute atomic E-state index is 14.9. The van der Waals surface area contributed by atoms with Gasteiger partial charge in [0.2, 0.25) is 11.8 Å². The number of nitrogens with zero attached hydrogens (tertiary/aromatic N) is 6. The highest BCUT2D eigenvalue weighted by atomic mass is 19.1. The number of nitrogens with one attached hydrogen (secondary N) is 2. The minimum Gasteiger partial charge on any atom is -0.481 e. The molecule has 2 N–H and O–H groups in total. The van der Waals surface area contributed by atoms with Crippen molar-refractivity contribution in [2.45, 2.75) is 13.5 Å². The van der Waals surface area contributed by atoms with E-state index in [1.54, 1.807) is 50.2 Å². The van der Waals surface area contributed by atoms with Gasteiger partial charge in [-0.15, -0.1) is 0 Å². The Hall–Kier alpha value is -5.32. The molecule has 39 heavy (non-hydrogen) atoms. The Bertz CT molecular complexity index is 1600. The fraction of sp³-hybridized carbons (Fsp3) is 0.107. The highest BCUT2D eigenvalue weighted by Gasteiger charge is 2.16. The van der Waals surface area contributed by atoms with E-state index in [0.29, 0.717) is 11.7 Å². The summed E-state index contributed by atoms with van der Waals surface area (Å²) in [4.78, 5) is 37.8. The molecule has 0 saturated carbocycles. The van der Waals surface area contributed by atoms with Gasteiger partial charge < -0.3 is 15.4 Å². The van der Waals surface area contributed by atoms with Gasteiger partial charge in [0.25, 0.3) is 5.91 Å². The lowest BCUT2D eigenvalue weighted by molar-refractivity contribution is 0.0944. The van der Waals surface area contributed by atoms with E-state index in [-0.39, 0.29) is 23.6 Å². The summed E-state index contributed by atoms with van der Waals surface area (Å²) in [6, 6.07) is 13.8. The van der Waals surface area contributed by atoms with Crippen LogP contribution >= 0.6 is 0 Å². The summed E-state index contributed by atoms with van der Waals surface area (Å²) >= 11 is 0. The van der Waals surface area contributed by atoms with Crippen molar-refractivity contribution in [3.63, 3.8) is 0 Å². The van der Waals surface area contributed by atoms with E-state index in [1.807, 2.05) is 31.2 Å². The first-order valence-corrected chi connectivity index (χ1v) is 11.9. The number of aryl methyl sites for hydroxylation is 1. The molecule has 5 heterocycles. The average molecular weight is 523 g/mol. The first-order chi connectivity index (χ1) is 19.0. The molecule has 0 aliphatic carbocycles. The number of halogens is 1. The molecule has 0 unspecified atom stereocenters. The van der Waals surface area contributed by atoms with Gasteiger partial charge in [-0.05, 0) is 48.9 Å². The number of hydrogen-bond donors (Lipinski definition) is 2. The Kier molecular flexibility index (Phi) is 7.39. The molecule has 0 saturated heterocycles. The maximum atomic E-state index is 14.9. The summed E-state index contributed by atoms with van der Waals surface area (Å²) in [7, 11) is 1.55. The van der Waals surface area contributed by atoms with Crippen LogP contribution in [0, 0.1) is 12.9 Å². The number of carbonyl (C=O) groups excluding carboxylic acids is 1. The van der Waals surface area contributed by atoms with Gasteiger partial charge >= 0.3 is 0 Å². The Morgan fingerprint density at radius 1 is 0.949 bits per heavy atom. The molecule has 11 heteroatoms. The van der Waals surface area contributed by atoms with Gasteiger partial charge in [0.05, 0.1) is 30.3 Å². The standard InChI is InChI=1S/C28H23FN8O2/c1-17-12-33-27(37-26(17)35-20-4-3-11-30-16-20)21-7-9-23(36-25(21)29)28(38)34-14-18-5-8-22(31-13-18)19-6-10-24(39-2)32-15-19/h3-13,15-16H,14H2,1-2H3,(H,34,38)(H,33,35,37). The lowest BCUT2D eigenvalue weighted by Crippen LogP contribution is -2.24. The molecule has 5 aromatic heterocycles. The smallest absolute Gasteiger partial charge is 0.270 e. The average Bonchev–Trinajstić information content (AvgIpc) is 2.98. The molecule has 0 aliphatic heterocycles. The molecule has 0 fully saturated rings. The van der Waals surface area contributed by atoms with Crippen molar-refractivity contribution in [2.75, 3.05) is 12.4 Å². The zero-order valence-corrected chi connectivity index (χ0v) is 21.1. The van der Waals surface area contributed by atoms with Crippen LogP contribution in [0.5, 0.6) is 5.88 Å². The van der Waals surface area contributed by atoms with E-state index in [4.69, 9.17) is 4.74 Å². The number of hydrogen-bond acceptors (Lipinski definition) is 9. The molecule has 10 nitrogen and oxygen atoms in total. The number of ether oxygens (including phenoxy) is 1. The monoisotopic (exact) mass is 522 g/mol. The summed E-state index contributed by atoms with van der Waals surface area (Å²) in [5, 5.41) is 5.88. The van der Waals surface area contributed by atoms with Crippen LogP contribution in [-0.2, 0) is 6.54 Å². The zero-order chi connectivity index (χ0) is 27.2. The number of rotatable bonds is 8. The maximum Gasteiger partial charge on any atom is 0.270 e. The lowest BCUT2D eigenvalue weighted by atomic mass is 10.1. The van der Waals surface area contributed by atoms with Crippen LogP contribution in [0.1, 0.15) is 21.6 Å². The van der Waals surface area contributed by atoms with Gasteiger partial charge in [-0.3, -0.25) is 14.8 Å². The Morgan fingerprint density at radius 2 is 1.85 bits per heavy atom. The Morgan fingerprint density at radius 3 is 2.54 bits per heavy atom. The molecule has 194 valence electrons. The minimum absolute atomic E-state index is 0.0639. The van der Waals surface area contributed by atoms with Crippen molar-refractivity contribution in [3.05, 3.63) is 102 Å². The van der Waals surface area contributed by atoms with E-state index >= 15 is 0 Å². The molecule has 0 bridgehead atoms. The lowest BCUT2D eigenvalue weighted by Gasteiger charge is -2.10. The summed E-state index contributed by atoms with van der Waals surface area (Å²) in [6.45, 7) is 2.03. The minimum atomic E-state index is -0.849. The fourth-order valence-corrected chi connectivity index (χ4v) is 3.62. The quantitative estimate of drug-likeness (QED) is 0.283. The molecule has 1 amide bonds. The van der Waals surface area contributed by atoms with Crippen LogP contribution in [0.15, 0.2) is 79.5 Å². The van der Waals surface area contributed by atoms with Crippen LogP contribution in [0.4, 0.5) is 15.9 Å². The van der Waals surface area contributed by atoms with Crippen molar-refractivity contribution in [3.8, 4) is 28.5 Å². The summed E-state index contributed by atoms with van der Waals surface area (Å²) in [5.41, 5.74) is 3.86. The molecular formula is C28H23FN8O2. The van der Waals surface area contributed by atoms with Crippen LogP contribution < -0.4 is 15.4 Å². The number of carbonyl (C=O) groups is 1. The molecule has 0 radical (unpaired) electrons. The molecule has 0 atom stereocenters. The second kappa shape index (κ2) is 11.4. The van der Waals surface area contributed by atoms with E-state index in [1.165, 1.54) is 12.1 Å². The van der Waals surface area contributed by atoms with Crippen LogP contribution in [0.3, 0.4) is 0 Å². The topological polar surface area (TPSA) is 128 Å². The zero-order valence-electron chi connectivity index (χ0n) is 21.1. The van der Waals surface area contributed by atoms with Crippen LogP contribution in [-0.4, -0.2) is 42.9 Å². The third kappa shape index (κ3) is 5.99. The van der Waals surface area contributed by atoms with Crippen molar-refractivity contribution >= 4 is 17.4 Å². The van der Waals surface area contributed by atoms with Gasteiger partial charge in [0.15, 0.2) is 5.82 Å². The molecule has 5 aromatic rings. The SMILES string of the molecule is COc1ccc(-c2ccc(CNC(=O)c3ccc(-c4ncc(C)c(Nc5cccnc5)n4)c(F)n3)cn2)cn1. The second-order valence-electron chi connectivity index (χ2n) is 8.45. The van der Waals surface area contributed by atoms with Crippen molar-refractivity contribution in [2.24, 2.45) is 0 Å². The van der Waals surface area contributed by atoms with E-state index in [2.05, 4.69) is 40.5 Å². The normalized spacial score (nSPS) is 10.6. The van der Waals surface area contributed by atoms with Gasteiger partial charge in [-0.1, -0.05) is 6.07 Å². The van der Waals surface area contributed by atoms with Crippen molar-refractivity contribution in [1.82, 2.24) is 35.2 Å². The van der Waals surface area contributed by atoms with Gasteiger partial charge in [-0.25, -0.2) is 19.9 Å². The predicted octanol–water partition coefficient (Wildman–Crippen LogP) is 4.52. The van der Waals surface area contributed by atoms with E-state index < -0.39 is 11.9 Å². The van der Waals surface area contributed by atoms with E-state index in [0.717, 1.165) is 28.1 Å². The number of pyridine rings is 4. The molecule has 0 aromatic carbocycles. The van der Waals surface area contributed by atoms with Gasteiger partial charge in [-0.2, -0.15) is 4.39 Å². The predicted molar refractivity (Wildman–Crippen MR) is 143 cm³/mol. The Balaban J connectivity index is 1.24. The molecule has 0 aliphatic rings. The summed E-state index contributed by atoms with van der Waals surface area (Å²) in [6.07, 6.45) is 8.23. The first-order valence-electron chi connectivity index (χ1n) is 11.9. The third-order valence-electron chi connectivity index (χ3n) is 5.74. The summed E-state index contributed by atoms with van der Waals surface area (Å²) < 4.78 is 20.0. The highest BCUT2D eigenvalue weighted by Crippen LogP contribution is 2.23. The van der Waals surface area contributed by atoms with Crippen LogP contribution in [0.2, 0.25) is 0 Å². The largest absolute Gasteiger partial charge is 0.481 e. The van der Waals surface area contributed by atoms with Crippen molar-refractivity contribution < 1.29 is 13.9 Å². The van der Waals surface area contributed by atoms with E-state index in [9.17, 15) is 9.18 Å². The summed E-state index contributed by atoms with van der Waals surface area (Å²) in [5.74, 6) is -0.199. The molecule has 5 rings (SSSR count). The van der Waals surface area contributed by atoms with Gasteiger partial charge in [0.1, 0.15) is 11.5 Å². The van der Waals surface area contributed by atoms with Crippen molar-refractivity contribution in [1.29, 1.82) is 0 Å². The second-order valence-corrected chi connectivity index (χ2v) is 8.45.